The third-order valence-corrected chi connectivity index (χ3v) is 6.44. The van der Waals surface area contributed by atoms with Crippen molar-refractivity contribution in [3.05, 3.63) is 100 Å². The summed E-state index contributed by atoms with van der Waals surface area (Å²) in [7, 11) is -1.52. The van der Waals surface area contributed by atoms with Gasteiger partial charge in [-0.1, -0.05) is 54.6 Å². The zero-order valence-electron chi connectivity index (χ0n) is 18.8. The standard InChI is InChI=1S/C25H24N4O4S/c1-28(17-19-8-4-3-5-9-19)25-26-22-11-7-6-10-21(22)24(31)29(25)27-23(30)16-18-12-14-20(15-13-18)34(2,32)33/h3-15H,16-17H2,1-2H3,(H,27,30). The van der Waals surface area contributed by atoms with Gasteiger partial charge in [-0.25, -0.2) is 13.4 Å². The van der Waals surface area contributed by atoms with Gasteiger partial charge >= 0.3 is 0 Å². The van der Waals surface area contributed by atoms with Crippen LogP contribution >= 0.6 is 0 Å². The number of nitrogens with one attached hydrogen (secondary N) is 1. The fourth-order valence-electron chi connectivity index (χ4n) is 3.61. The molecule has 9 heteroatoms. The van der Waals surface area contributed by atoms with Crippen LogP contribution in [0, 0.1) is 0 Å². The lowest BCUT2D eigenvalue weighted by atomic mass is 10.1. The number of benzene rings is 3. The first-order chi connectivity index (χ1) is 16.2. The van der Waals surface area contributed by atoms with Gasteiger partial charge < -0.3 is 4.90 Å². The van der Waals surface area contributed by atoms with E-state index in [1.165, 1.54) is 16.8 Å². The van der Waals surface area contributed by atoms with Crippen molar-refractivity contribution in [1.29, 1.82) is 0 Å². The van der Waals surface area contributed by atoms with Gasteiger partial charge in [0.2, 0.25) is 11.9 Å². The molecule has 0 atom stereocenters. The Balaban J connectivity index is 1.65. The van der Waals surface area contributed by atoms with Crippen molar-refractivity contribution in [1.82, 2.24) is 9.66 Å². The molecule has 1 N–H and O–H groups in total. The Labute approximate surface area is 197 Å². The summed E-state index contributed by atoms with van der Waals surface area (Å²) in [5, 5.41) is 0.386. The van der Waals surface area contributed by atoms with Crippen LogP contribution in [-0.2, 0) is 27.6 Å². The minimum absolute atomic E-state index is 0.0366. The molecule has 0 radical (unpaired) electrons. The van der Waals surface area contributed by atoms with Gasteiger partial charge in [0, 0.05) is 19.8 Å². The van der Waals surface area contributed by atoms with Crippen molar-refractivity contribution < 1.29 is 13.2 Å². The molecule has 8 nitrogen and oxygen atoms in total. The second-order valence-electron chi connectivity index (χ2n) is 8.04. The van der Waals surface area contributed by atoms with Gasteiger partial charge in [-0.15, -0.1) is 0 Å². The summed E-state index contributed by atoms with van der Waals surface area (Å²) in [4.78, 5) is 32.7. The number of anilines is 1. The molecule has 1 heterocycles. The Morgan fingerprint density at radius 1 is 0.941 bits per heavy atom. The van der Waals surface area contributed by atoms with Crippen LogP contribution in [-0.4, -0.2) is 37.3 Å². The van der Waals surface area contributed by atoms with Crippen LogP contribution in [0.1, 0.15) is 11.1 Å². The molecule has 0 saturated heterocycles. The smallest absolute Gasteiger partial charge is 0.281 e. The van der Waals surface area contributed by atoms with E-state index >= 15 is 0 Å². The lowest BCUT2D eigenvalue weighted by Crippen LogP contribution is -2.38. The lowest BCUT2D eigenvalue weighted by molar-refractivity contribution is -0.116. The summed E-state index contributed by atoms with van der Waals surface area (Å²) < 4.78 is 24.5. The molecule has 3 aromatic carbocycles. The first-order valence-electron chi connectivity index (χ1n) is 10.6. The number of fused-ring (bicyclic) bond motifs is 1. The van der Waals surface area contributed by atoms with Crippen LogP contribution in [0.4, 0.5) is 5.95 Å². The van der Waals surface area contributed by atoms with Crippen LogP contribution < -0.4 is 15.9 Å². The van der Waals surface area contributed by atoms with E-state index in [1.54, 1.807) is 48.3 Å². The topological polar surface area (TPSA) is 101 Å². The average molecular weight is 477 g/mol. The maximum absolute atomic E-state index is 13.3. The number of hydrogen-bond acceptors (Lipinski definition) is 6. The molecule has 0 aliphatic heterocycles. The summed E-state index contributed by atoms with van der Waals surface area (Å²) in [6.07, 6.45) is 1.09. The zero-order chi connectivity index (χ0) is 24.3. The minimum atomic E-state index is -3.32. The Morgan fingerprint density at radius 2 is 1.59 bits per heavy atom. The number of amides is 1. The van der Waals surface area contributed by atoms with E-state index in [4.69, 9.17) is 0 Å². The second-order valence-corrected chi connectivity index (χ2v) is 10.1. The molecule has 0 spiro atoms. The predicted octanol–water partition coefficient (Wildman–Crippen LogP) is 2.75. The number of para-hydroxylation sites is 1. The van der Waals surface area contributed by atoms with Crippen molar-refractivity contribution in [3.8, 4) is 0 Å². The van der Waals surface area contributed by atoms with E-state index in [1.807, 2.05) is 30.3 Å². The quantitative estimate of drug-likeness (QED) is 0.440. The van der Waals surface area contributed by atoms with Crippen LogP contribution in [0.3, 0.4) is 0 Å². The summed E-state index contributed by atoms with van der Waals surface area (Å²) in [6, 6.07) is 22.8. The Kier molecular flexibility index (Phi) is 6.47. The number of carbonyl (C=O) groups is 1. The highest BCUT2D eigenvalue weighted by molar-refractivity contribution is 7.90. The highest BCUT2D eigenvalue weighted by atomic mass is 32.2. The molecule has 0 unspecified atom stereocenters. The minimum Gasteiger partial charge on any atom is -0.339 e. The molecule has 1 aromatic heterocycles. The Morgan fingerprint density at radius 3 is 2.26 bits per heavy atom. The van der Waals surface area contributed by atoms with Crippen molar-refractivity contribution >= 4 is 32.6 Å². The molecule has 4 aromatic rings. The normalized spacial score (nSPS) is 11.4. The van der Waals surface area contributed by atoms with Crippen LogP contribution in [0.15, 0.2) is 88.6 Å². The monoisotopic (exact) mass is 476 g/mol. The predicted molar refractivity (Wildman–Crippen MR) is 132 cm³/mol. The van der Waals surface area contributed by atoms with Crippen LogP contribution in [0.2, 0.25) is 0 Å². The molecular weight excluding hydrogens is 452 g/mol. The van der Waals surface area contributed by atoms with E-state index in [9.17, 15) is 18.0 Å². The largest absolute Gasteiger partial charge is 0.339 e. The van der Waals surface area contributed by atoms with Gasteiger partial charge in [-0.3, -0.25) is 15.0 Å². The average Bonchev–Trinajstić information content (AvgIpc) is 2.81. The zero-order valence-corrected chi connectivity index (χ0v) is 19.6. The molecule has 0 aliphatic rings. The van der Waals surface area contributed by atoms with Crippen molar-refractivity contribution in [2.45, 2.75) is 17.9 Å². The highest BCUT2D eigenvalue weighted by Gasteiger charge is 2.17. The fourth-order valence-corrected chi connectivity index (χ4v) is 4.24. The van der Waals surface area contributed by atoms with Gasteiger partial charge in [0.05, 0.1) is 22.2 Å². The molecule has 174 valence electrons. The number of aromatic nitrogens is 2. The SMILES string of the molecule is CN(Cc1ccccc1)c1nc2ccccc2c(=O)n1NC(=O)Cc1ccc(S(C)(=O)=O)cc1. The van der Waals surface area contributed by atoms with Crippen molar-refractivity contribution in [3.63, 3.8) is 0 Å². The van der Waals surface area contributed by atoms with Gasteiger partial charge in [0.25, 0.3) is 5.56 Å². The van der Waals surface area contributed by atoms with E-state index in [-0.39, 0.29) is 16.9 Å². The highest BCUT2D eigenvalue weighted by Crippen LogP contribution is 2.16. The molecule has 0 saturated carbocycles. The number of hydrogen-bond donors (Lipinski definition) is 1. The Bertz CT molecular complexity index is 1500. The lowest BCUT2D eigenvalue weighted by Gasteiger charge is -2.23. The third kappa shape index (κ3) is 5.15. The van der Waals surface area contributed by atoms with Crippen molar-refractivity contribution in [2.24, 2.45) is 0 Å². The number of rotatable bonds is 7. The van der Waals surface area contributed by atoms with Gasteiger partial charge in [0.15, 0.2) is 9.84 Å². The first kappa shape index (κ1) is 23.2. The fraction of sp³-hybridized carbons (Fsp3) is 0.160. The molecule has 0 bridgehead atoms. The van der Waals surface area contributed by atoms with Crippen LogP contribution in [0.5, 0.6) is 0 Å². The molecule has 34 heavy (non-hydrogen) atoms. The van der Waals surface area contributed by atoms with E-state index in [0.717, 1.165) is 11.8 Å². The first-order valence-corrected chi connectivity index (χ1v) is 12.5. The van der Waals surface area contributed by atoms with Gasteiger partial charge in [0.1, 0.15) is 0 Å². The number of nitrogens with zero attached hydrogens (tertiary/aromatic N) is 3. The van der Waals surface area contributed by atoms with Crippen LogP contribution in [0.25, 0.3) is 10.9 Å². The second kappa shape index (κ2) is 9.48. The number of sulfone groups is 1. The van der Waals surface area contributed by atoms with Gasteiger partial charge in [-0.2, -0.15) is 4.68 Å². The van der Waals surface area contributed by atoms with E-state index < -0.39 is 15.7 Å². The number of carbonyl (C=O) groups excluding carboxylic acids is 1. The maximum Gasteiger partial charge on any atom is 0.281 e. The maximum atomic E-state index is 13.3. The van der Waals surface area contributed by atoms with E-state index in [0.29, 0.717) is 29.0 Å². The molecular formula is C25H24N4O4S. The summed E-state index contributed by atoms with van der Waals surface area (Å²) in [5.74, 6) is -0.131. The van der Waals surface area contributed by atoms with E-state index in [2.05, 4.69) is 10.4 Å². The summed E-state index contributed by atoms with van der Waals surface area (Å²) >= 11 is 0. The Hall–Kier alpha value is -3.98. The van der Waals surface area contributed by atoms with Crippen molar-refractivity contribution in [2.75, 3.05) is 23.6 Å². The van der Waals surface area contributed by atoms with Gasteiger partial charge in [-0.05, 0) is 35.4 Å². The molecule has 4 rings (SSSR count). The summed E-state index contributed by atoms with van der Waals surface area (Å²) in [5.41, 5.74) is 4.46. The summed E-state index contributed by atoms with van der Waals surface area (Å²) in [6.45, 7) is 0.481. The molecule has 1 amide bonds. The molecule has 0 aliphatic carbocycles. The molecule has 0 fully saturated rings. The third-order valence-electron chi connectivity index (χ3n) is 5.31.